The molecule has 0 aromatic carbocycles. The quantitative estimate of drug-likeness (QED) is 0.649. The summed E-state index contributed by atoms with van der Waals surface area (Å²) in [4.78, 5) is 0. The molecule has 1 aromatic rings. The van der Waals surface area contributed by atoms with Crippen LogP contribution in [-0.2, 0) is 6.54 Å². The first kappa shape index (κ1) is 14.0. The van der Waals surface area contributed by atoms with Gasteiger partial charge in [0.25, 0.3) is 0 Å². The predicted octanol–water partition coefficient (Wildman–Crippen LogP) is 2.42. The number of hydrogen-bond donors (Lipinski definition) is 2. The summed E-state index contributed by atoms with van der Waals surface area (Å²) in [5.74, 6) is 1.27. The molecule has 17 heavy (non-hydrogen) atoms. The van der Waals surface area contributed by atoms with Crippen molar-refractivity contribution in [2.45, 2.75) is 46.6 Å². The van der Waals surface area contributed by atoms with Crippen molar-refractivity contribution < 1.29 is 4.42 Å². The number of unbranched alkanes of at least 4 members (excludes halogenated alkanes) is 2. The first-order valence-corrected chi connectivity index (χ1v) is 6.49. The first-order chi connectivity index (χ1) is 8.22. The largest absolute Gasteiger partial charge is 0.407 e. The van der Waals surface area contributed by atoms with Crippen molar-refractivity contribution >= 4 is 6.01 Å². The minimum absolute atomic E-state index is 0.530. The molecule has 5 heteroatoms. The molecule has 0 atom stereocenters. The van der Waals surface area contributed by atoms with Crippen molar-refractivity contribution in [1.82, 2.24) is 15.5 Å². The second-order valence-corrected chi connectivity index (χ2v) is 4.66. The summed E-state index contributed by atoms with van der Waals surface area (Å²) in [6.07, 6.45) is 3.58. The van der Waals surface area contributed by atoms with Gasteiger partial charge in [0.2, 0.25) is 5.89 Å². The fourth-order valence-corrected chi connectivity index (χ4v) is 1.43. The van der Waals surface area contributed by atoms with Crippen molar-refractivity contribution in [1.29, 1.82) is 0 Å². The summed E-state index contributed by atoms with van der Waals surface area (Å²) in [5, 5.41) is 14.3. The van der Waals surface area contributed by atoms with E-state index in [4.69, 9.17) is 4.42 Å². The highest BCUT2D eigenvalue weighted by atomic mass is 16.4. The molecule has 5 nitrogen and oxygen atoms in total. The molecule has 1 aromatic heterocycles. The van der Waals surface area contributed by atoms with E-state index in [-0.39, 0.29) is 0 Å². The Kier molecular flexibility index (Phi) is 6.62. The summed E-state index contributed by atoms with van der Waals surface area (Å²) in [5.41, 5.74) is 0. The lowest BCUT2D eigenvalue weighted by Crippen LogP contribution is -2.19. The molecule has 0 spiro atoms. The van der Waals surface area contributed by atoms with Gasteiger partial charge in [-0.2, -0.15) is 0 Å². The standard InChI is InChI=1S/C12H24N4O/c1-4-5-6-7-14-12-16-15-11(17-12)9-13-8-10(2)3/h10,13H,4-9H2,1-3H3,(H,14,16). The zero-order chi connectivity index (χ0) is 12.5. The van der Waals surface area contributed by atoms with Crippen LogP contribution in [0.3, 0.4) is 0 Å². The lowest BCUT2D eigenvalue weighted by Gasteiger charge is -2.03. The Hall–Kier alpha value is -1.10. The zero-order valence-electron chi connectivity index (χ0n) is 11.1. The summed E-state index contributed by atoms with van der Waals surface area (Å²) in [6, 6.07) is 0.530. The van der Waals surface area contributed by atoms with Crippen LogP contribution in [0.4, 0.5) is 6.01 Å². The lowest BCUT2D eigenvalue weighted by atomic mass is 10.2. The van der Waals surface area contributed by atoms with E-state index < -0.39 is 0 Å². The molecule has 1 heterocycles. The van der Waals surface area contributed by atoms with Crippen LogP contribution < -0.4 is 10.6 Å². The van der Waals surface area contributed by atoms with Gasteiger partial charge in [-0.05, 0) is 18.9 Å². The van der Waals surface area contributed by atoms with Crippen molar-refractivity contribution in [2.75, 3.05) is 18.4 Å². The summed E-state index contributed by atoms with van der Waals surface area (Å²) in [7, 11) is 0. The smallest absolute Gasteiger partial charge is 0.315 e. The average Bonchev–Trinajstić information content (AvgIpc) is 2.72. The monoisotopic (exact) mass is 240 g/mol. The van der Waals surface area contributed by atoms with Crippen LogP contribution in [0.25, 0.3) is 0 Å². The van der Waals surface area contributed by atoms with Gasteiger partial charge in [-0.15, -0.1) is 5.10 Å². The Morgan fingerprint density at radius 1 is 1.24 bits per heavy atom. The number of nitrogens with one attached hydrogen (secondary N) is 2. The highest BCUT2D eigenvalue weighted by Gasteiger charge is 2.04. The third-order valence-corrected chi connectivity index (χ3v) is 2.35. The summed E-state index contributed by atoms with van der Waals surface area (Å²) < 4.78 is 5.45. The number of anilines is 1. The van der Waals surface area contributed by atoms with Gasteiger partial charge < -0.3 is 15.1 Å². The van der Waals surface area contributed by atoms with Gasteiger partial charge in [-0.25, -0.2) is 0 Å². The van der Waals surface area contributed by atoms with E-state index in [1.807, 2.05) is 0 Å². The highest BCUT2D eigenvalue weighted by molar-refractivity contribution is 5.16. The van der Waals surface area contributed by atoms with Crippen LogP contribution in [0.15, 0.2) is 4.42 Å². The van der Waals surface area contributed by atoms with Crippen LogP contribution in [0, 0.1) is 5.92 Å². The van der Waals surface area contributed by atoms with E-state index in [0.717, 1.165) is 19.5 Å². The normalized spacial score (nSPS) is 11.1. The van der Waals surface area contributed by atoms with E-state index >= 15 is 0 Å². The lowest BCUT2D eigenvalue weighted by molar-refractivity contribution is 0.458. The minimum atomic E-state index is 0.530. The topological polar surface area (TPSA) is 63.0 Å². The fourth-order valence-electron chi connectivity index (χ4n) is 1.43. The maximum absolute atomic E-state index is 5.45. The van der Waals surface area contributed by atoms with Crippen LogP contribution in [0.2, 0.25) is 0 Å². The Bertz CT molecular complexity index is 298. The first-order valence-electron chi connectivity index (χ1n) is 6.49. The Balaban J connectivity index is 2.18. The van der Waals surface area contributed by atoms with E-state index in [1.54, 1.807) is 0 Å². The van der Waals surface area contributed by atoms with Crippen LogP contribution >= 0.6 is 0 Å². The van der Waals surface area contributed by atoms with Gasteiger partial charge >= 0.3 is 6.01 Å². The number of rotatable bonds is 9. The van der Waals surface area contributed by atoms with Gasteiger partial charge in [0.05, 0.1) is 6.54 Å². The van der Waals surface area contributed by atoms with Gasteiger partial charge in [0.15, 0.2) is 0 Å². The molecule has 98 valence electrons. The maximum atomic E-state index is 5.45. The van der Waals surface area contributed by atoms with Crippen molar-refractivity contribution in [2.24, 2.45) is 5.92 Å². The molecular formula is C12H24N4O. The molecule has 0 fully saturated rings. The summed E-state index contributed by atoms with van der Waals surface area (Å²) >= 11 is 0. The Morgan fingerprint density at radius 2 is 2.06 bits per heavy atom. The fraction of sp³-hybridized carbons (Fsp3) is 0.833. The molecule has 0 aliphatic rings. The van der Waals surface area contributed by atoms with E-state index in [2.05, 4.69) is 41.6 Å². The van der Waals surface area contributed by atoms with Crippen LogP contribution in [-0.4, -0.2) is 23.3 Å². The second kappa shape index (κ2) is 8.06. The van der Waals surface area contributed by atoms with Gasteiger partial charge in [-0.3, -0.25) is 0 Å². The molecule has 0 unspecified atom stereocenters. The molecule has 0 saturated carbocycles. The maximum Gasteiger partial charge on any atom is 0.315 e. The molecule has 1 rings (SSSR count). The molecule has 0 saturated heterocycles. The number of nitrogens with zero attached hydrogens (tertiary/aromatic N) is 2. The number of hydrogen-bond acceptors (Lipinski definition) is 5. The molecular weight excluding hydrogens is 216 g/mol. The Labute approximate surface area is 103 Å². The van der Waals surface area contributed by atoms with E-state index in [0.29, 0.717) is 24.4 Å². The van der Waals surface area contributed by atoms with E-state index in [1.165, 1.54) is 12.8 Å². The van der Waals surface area contributed by atoms with Gasteiger partial charge in [0.1, 0.15) is 0 Å². The van der Waals surface area contributed by atoms with Crippen molar-refractivity contribution in [3.8, 4) is 0 Å². The Morgan fingerprint density at radius 3 is 2.76 bits per heavy atom. The van der Waals surface area contributed by atoms with Crippen molar-refractivity contribution in [3.05, 3.63) is 5.89 Å². The molecule has 0 radical (unpaired) electrons. The molecule has 2 N–H and O–H groups in total. The number of aromatic nitrogens is 2. The van der Waals surface area contributed by atoms with Gasteiger partial charge in [-0.1, -0.05) is 38.7 Å². The minimum Gasteiger partial charge on any atom is -0.407 e. The van der Waals surface area contributed by atoms with E-state index in [9.17, 15) is 0 Å². The third-order valence-electron chi connectivity index (χ3n) is 2.35. The highest BCUT2D eigenvalue weighted by Crippen LogP contribution is 2.05. The second-order valence-electron chi connectivity index (χ2n) is 4.66. The SMILES string of the molecule is CCCCCNc1nnc(CNCC(C)C)o1. The third kappa shape index (κ3) is 6.26. The predicted molar refractivity (Wildman–Crippen MR) is 68.9 cm³/mol. The molecule has 0 amide bonds. The van der Waals surface area contributed by atoms with Gasteiger partial charge in [0, 0.05) is 6.54 Å². The van der Waals surface area contributed by atoms with Crippen LogP contribution in [0.1, 0.15) is 45.9 Å². The average molecular weight is 240 g/mol. The molecule has 0 bridgehead atoms. The molecule has 0 aliphatic heterocycles. The van der Waals surface area contributed by atoms with Crippen LogP contribution in [0.5, 0.6) is 0 Å². The zero-order valence-corrected chi connectivity index (χ0v) is 11.1. The summed E-state index contributed by atoms with van der Waals surface area (Å²) in [6.45, 7) is 9.02. The molecule has 0 aliphatic carbocycles. The van der Waals surface area contributed by atoms with Crippen molar-refractivity contribution in [3.63, 3.8) is 0 Å².